The number of carbonyl (C=O) groups is 2. The molecule has 1 aliphatic rings. The monoisotopic (exact) mass is 376 g/mol. The normalized spacial score (nSPS) is 19.9. The lowest BCUT2D eigenvalue weighted by molar-refractivity contribution is -0.117. The molecule has 2 atom stereocenters. The maximum Gasteiger partial charge on any atom is 0.251 e. The van der Waals surface area contributed by atoms with E-state index in [4.69, 9.17) is 5.73 Å². The minimum Gasteiger partial charge on any atom is -0.366 e. The second-order valence-corrected chi connectivity index (χ2v) is 6.77. The number of hydrogen-bond acceptors (Lipinski definition) is 3. The molecule has 1 fully saturated rings. The van der Waals surface area contributed by atoms with Crippen molar-refractivity contribution in [2.45, 2.75) is 32.5 Å². The van der Waals surface area contributed by atoms with Crippen LogP contribution in [0, 0.1) is 19.7 Å². The van der Waals surface area contributed by atoms with Gasteiger partial charge in [-0.1, -0.05) is 6.58 Å². The number of hydrogen-bond donors (Lipinski definition) is 2. The summed E-state index contributed by atoms with van der Waals surface area (Å²) in [5.74, 6) is -1.74. The van der Waals surface area contributed by atoms with Crippen molar-refractivity contribution in [2.75, 3.05) is 18.1 Å². The second kappa shape index (κ2) is 7.02. The Labute approximate surface area is 155 Å². The third kappa shape index (κ3) is 3.27. The van der Waals surface area contributed by atoms with Crippen LogP contribution in [-0.4, -0.2) is 41.8 Å². The zero-order chi connectivity index (χ0) is 19.9. The highest BCUT2D eigenvalue weighted by Gasteiger charge is 2.32. The second-order valence-electron chi connectivity index (χ2n) is 6.77. The van der Waals surface area contributed by atoms with E-state index in [1.807, 2.05) is 18.9 Å². The number of nitrogens with one attached hydrogen (secondary N) is 1. The lowest BCUT2D eigenvalue weighted by Gasteiger charge is -2.38. The highest BCUT2D eigenvalue weighted by atomic mass is 19.1. The predicted molar refractivity (Wildman–Crippen MR) is 99.5 cm³/mol. The van der Waals surface area contributed by atoms with E-state index in [2.05, 4.69) is 11.9 Å². The molecule has 1 aliphatic heterocycles. The van der Waals surface area contributed by atoms with Crippen LogP contribution in [0.5, 0.6) is 0 Å². The Morgan fingerprint density at radius 1 is 1.37 bits per heavy atom. The minimum absolute atomic E-state index is 0.0650. The molecule has 0 spiro atoms. The first-order chi connectivity index (χ1) is 12.7. The number of fused-ring (bicyclic) bond motifs is 1. The van der Waals surface area contributed by atoms with Gasteiger partial charge >= 0.3 is 0 Å². The van der Waals surface area contributed by atoms with E-state index in [1.54, 1.807) is 4.68 Å². The van der Waals surface area contributed by atoms with Gasteiger partial charge in [0.25, 0.3) is 5.91 Å². The summed E-state index contributed by atoms with van der Waals surface area (Å²) in [6.45, 7) is 7.63. The van der Waals surface area contributed by atoms with Crippen molar-refractivity contribution >= 4 is 22.7 Å². The van der Waals surface area contributed by atoms with Crippen molar-refractivity contribution in [1.82, 2.24) is 9.99 Å². The lowest BCUT2D eigenvalue weighted by atomic mass is 10.0. The summed E-state index contributed by atoms with van der Waals surface area (Å²) in [5.41, 5.74) is 7.63. The standard InChI is InChI=1S/C19H22F2N4O2/c1-4-17(26)23-16-9-24(6-5-15(16)21)25-11(3)10(2)13-7-12(20)8-14(18(13)25)19(22)27/h4,7-8,15-16H,1,5-6,9H2,2-3H3,(H2,22,27)(H,23,26)/t15-,16-/m0/s1. The van der Waals surface area contributed by atoms with Crippen molar-refractivity contribution in [3.8, 4) is 0 Å². The fourth-order valence-corrected chi connectivity index (χ4v) is 3.64. The number of primary amides is 1. The molecular weight excluding hydrogens is 354 g/mol. The van der Waals surface area contributed by atoms with Crippen LogP contribution in [0.1, 0.15) is 28.0 Å². The van der Waals surface area contributed by atoms with Crippen LogP contribution in [0.4, 0.5) is 8.78 Å². The number of benzene rings is 1. The number of aryl methyl sites for hydroxylation is 1. The van der Waals surface area contributed by atoms with Gasteiger partial charge in [0.1, 0.15) is 12.0 Å². The molecule has 3 N–H and O–H groups in total. The molecule has 1 saturated heterocycles. The van der Waals surface area contributed by atoms with Gasteiger partial charge in [-0.05, 0) is 44.0 Å². The van der Waals surface area contributed by atoms with Crippen LogP contribution in [-0.2, 0) is 4.79 Å². The quantitative estimate of drug-likeness (QED) is 0.799. The summed E-state index contributed by atoms with van der Waals surface area (Å²) >= 11 is 0. The van der Waals surface area contributed by atoms with E-state index < -0.39 is 29.8 Å². The first-order valence-corrected chi connectivity index (χ1v) is 8.67. The van der Waals surface area contributed by atoms with Gasteiger partial charge in [0.05, 0.1) is 23.7 Å². The summed E-state index contributed by atoms with van der Waals surface area (Å²) in [6, 6.07) is 1.75. The molecule has 144 valence electrons. The molecule has 8 heteroatoms. The van der Waals surface area contributed by atoms with E-state index in [-0.39, 0.29) is 18.5 Å². The largest absolute Gasteiger partial charge is 0.366 e. The fraction of sp³-hybridized carbons (Fsp3) is 0.368. The maximum absolute atomic E-state index is 14.3. The Morgan fingerprint density at radius 2 is 2.07 bits per heavy atom. The molecule has 0 aliphatic carbocycles. The van der Waals surface area contributed by atoms with Crippen molar-refractivity contribution in [3.63, 3.8) is 0 Å². The van der Waals surface area contributed by atoms with Gasteiger partial charge in [-0.2, -0.15) is 0 Å². The topological polar surface area (TPSA) is 80.4 Å². The number of nitrogens with zero attached hydrogens (tertiary/aromatic N) is 2. The Kier molecular flexibility index (Phi) is 4.91. The summed E-state index contributed by atoms with van der Waals surface area (Å²) in [4.78, 5) is 23.5. The van der Waals surface area contributed by atoms with Crippen molar-refractivity contribution in [2.24, 2.45) is 5.73 Å². The van der Waals surface area contributed by atoms with Gasteiger partial charge in [-0.25, -0.2) is 8.78 Å². The highest BCUT2D eigenvalue weighted by molar-refractivity contribution is 6.06. The number of alkyl halides is 1. The van der Waals surface area contributed by atoms with Crippen LogP contribution in [0.2, 0.25) is 0 Å². The van der Waals surface area contributed by atoms with E-state index in [0.717, 1.165) is 23.4 Å². The van der Waals surface area contributed by atoms with E-state index >= 15 is 0 Å². The lowest BCUT2D eigenvalue weighted by Crippen LogP contribution is -2.57. The number of piperidine rings is 1. The molecule has 3 rings (SSSR count). The molecule has 0 bridgehead atoms. The minimum atomic E-state index is -1.19. The van der Waals surface area contributed by atoms with E-state index in [0.29, 0.717) is 17.4 Å². The average Bonchev–Trinajstić information content (AvgIpc) is 2.87. The summed E-state index contributed by atoms with van der Waals surface area (Å²) < 4.78 is 30.1. The Hall–Kier alpha value is -2.90. The number of aromatic nitrogens is 1. The average molecular weight is 376 g/mol. The Bertz CT molecular complexity index is 938. The van der Waals surface area contributed by atoms with E-state index in [1.165, 1.54) is 6.07 Å². The fourth-order valence-electron chi connectivity index (χ4n) is 3.64. The van der Waals surface area contributed by atoms with Gasteiger partial charge in [0, 0.05) is 17.6 Å². The third-order valence-electron chi connectivity index (χ3n) is 5.12. The molecule has 2 amide bonds. The van der Waals surface area contributed by atoms with Gasteiger partial charge in [-0.15, -0.1) is 0 Å². The van der Waals surface area contributed by atoms with Crippen molar-refractivity contribution in [3.05, 3.63) is 47.4 Å². The zero-order valence-electron chi connectivity index (χ0n) is 15.3. The Morgan fingerprint density at radius 3 is 2.70 bits per heavy atom. The SMILES string of the molecule is C=CC(=O)N[C@H]1CN(n2c(C)c(C)c3cc(F)cc(C(N)=O)c32)CC[C@@H]1F. The van der Waals surface area contributed by atoms with Crippen molar-refractivity contribution in [1.29, 1.82) is 0 Å². The highest BCUT2D eigenvalue weighted by Crippen LogP contribution is 2.30. The number of rotatable bonds is 4. The zero-order valence-corrected chi connectivity index (χ0v) is 15.3. The summed E-state index contributed by atoms with van der Waals surface area (Å²) in [6.07, 6.45) is 0.106. The Balaban J connectivity index is 2.11. The molecule has 2 heterocycles. The van der Waals surface area contributed by atoms with Crippen LogP contribution in [0.15, 0.2) is 24.8 Å². The third-order valence-corrected chi connectivity index (χ3v) is 5.12. The molecule has 1 aromatic heterocycles. The molecule has 0 radical (unpaired) electrons. The van der Waals surface area contributed by atoms with Gasteiger partial charge in [0.2, 0.25) is 5.91 Å². The van der Waals surface area contributed by atoms with Gasteiger partial charge in [0.15, 0.2) is 0 Å². The molecular formula is C19H22F2N4O2. The molecule has 1 aromatic carbocycles. The summed E-state index contributed by atoms with van der Waals surface area (Å²) in [7, 11) is 0. The molecule has 2 aromatic rings. The number of halogens is 2. The van der Waals surface area contributed by atoms with Crippen LogP contribution in [0.25, 0.3) is 10.9 Å². The molecule has 0 unspecified atom stereocenters. The number of amides is 2. The maximum atomic E-state index is 14.3. The van der Waals surface area contributed by atoms with Gasteiger partial charge < -0.3 is 16.1 Å². The first-order valence-electron chi connectivity index (χ1n) is 8.67. The smallest absolute Gasteiger partial charge is 0.251 e. The first kappa shape index (κ1) is 18.9. The summed E-state index contributed by atoms with van der Waals surface area (Å²) in [5, 5.41) is 5.03. The molecule has 27 heavy (non-hydrogen) atoms. The van der Waals surface area contributed by atoms with Gasteiger partial charge in [-0.3, -0.25) is 14.3 Å². The molecule has 6 nitrogen and oxygen atoms in total. The van der Waals surface area contributed by atoms with Crippen LogP contribution < -0.4 is 16.1 Å². The number of nitrogens with two attached hydrogens (primary N) is 1. The van der Waals surface area contributed by atoms with Crippen LogP contribution in [0.3, 0.4) is 0 Å². The molecule has 0 saturated carbocycles. The number of carbonyl (C=O) groups excluding carboxylic acids is 2. The van der Waals surface area contributed by atoms with Crippen LogP contribution >= 0.6 is 0 Å². The van der Waals surface area contributed by atoms with Crippen molar-refractivity contribution < 1.29 is 18.4 Å². The predicted octanol–water partition coefficient (Wildman–Crippen LogP) is 1.85. The van der Waals surface area contributed by atoms with E-state index in [9.17, 15) is 18.4 Å².